The third-order valence-electron chi connectivity index (χ3n) is 4.50. The molecule has 4 nitrogen and oxygen atoms in total. The summed E-state index contributed by atoms with van der Waals surface area (Å²) in [4.78, 5) is 24.2. The fourth-order valence-electron chi connectivity index (χ4n) is 2.83. The van der Waals surface area contributed by atoms with E-state index in [1.807, 2.05) is 0 Å². The first kappa shape index (κ1) is 17.4. The summed E-state index contributed by atoms with van der Waals surface area (Å²) in [6.45, 7) is 5.27. The van der Waals surface area contributed by atoms with Crippen LogP contribution in [-0.4, -0.2) is 24.0 Å². The second kappa shape index (κ2) is 7.57. The molecule has 0 bridgehead atoms. The van der Waals surface area contributed by atoms with Crippen LogP contribution in [0.5, 0.6) is 0 Å². The Kier molecular flexibility index (Phi) is 5.74. The second-order valence-corrected chi connectivity index (χ2v) is 6.39. The summed E-state index contributed by atoms with van der Waals surface area (Å²) in [5.74, 6) is -1.03. The molecular formula is C18H24FNO3. The predicted octanol–water partition coefficient (Wildman–Crippen LogP) is 3.37. The highest BCUT2D eigenvalue weighted by Crippen LogP contribution is 2.23. The van der Waals surface area contributed by atoms with E-state index in [1.165, 1.54) is 25.5 Å². The van der Waals surface area contributed by atoms with Gasteiger partial charge in [0.05, 0.1) is 5.56 Å². The number of hydrogen-bond acceptors (Lipinski definition) is 3. The number of carbonyl (C=O) groups is 2. The van der Waals surface area contributed by atoms with Gasteiger partial charge in [0.2, 0.25) is 0 Å². The topological polar surface area (TPSA) is 55.4 Å². The number of esters is 1. The van der Waals surface area contributed by atoms with Gasteiger partial charge in [-0.2, -0.15) is 0 Å². The smallest absolute Gasteiger partial charge is 0.339 e. The minimum Gasteiger partial charge on any atom is -0.449 e. The van der Waals surface area contributed by atoms with E-state index in [9.17, 15) is 14.0 Å². The molecule has 0 heterocycles. The highest BCUT2D eigenvalue weighted by molar-refractivity contribution is 5.92. The molecule has 0 aliphatic heterocycles. The van der Waals surface area contributed by atoms with Gasteiger partial charge in [-0.05, 0) is 50.3 Å². The highest BCUT2D eigenvalue weighted by atomic mass is 19.1. The van der Waals surface area contributed by atoms with Crippen molar-refractivity contribution in [1.82, 2.24) is 5.32 Å². The molecule has 3 atom stereocenters. The van der Waals surface area contributed by atoms with Gasteiger partial charge in [0, 0.05) is 6.04 Å². The Balaban J connectivity index is 1.92. The molecule has 1 amide bonds. The fraction of sp³-hybridized carbons (Fsp3) is 0.556. The zero-order valence-corrected chi connectivity index (χ0v) is 13.9. The van der Waals surface area contributed by atoms with Crippen molar-refractivity contribution in [1.29, 1.82) is 0 Å². The van der Waals surface area contributed by atoms with Gasteiger partial charge in [-0.25, -0.2) is 9.18 Å². The van der Waals surface area contributed by atoms with Crippen LogP contribution in [0.3, 0.4) is 0 Å². The van der Waals surface area contributed by atoms with E-state index < -0.39 is 17.9 Å². The molecule has 2 rings (SSSR count). The van der Waals surface area contributed by atoms with E-state index in [0.29, 0.717) is 11.5 Å². The van der Waals surface area contributed by atoms with Gasteiger partial charge in [0.25, 0.3) is 5.91 Å². The molecular weight excluding hydrogens is 297 g/mol. The van der Waals surface area contributed by atoms with Gasteiger partial charge in [0.15, 0.2) is 6.10 Å². The molecule has 1 aromatic rings. The fourth-order valence-corrected chi connectivity index (χ4v) is 2.83. The van der Waals surface area contributed by atoms with E-state index in [4.69, 9.17) is 4.74 Å². The van der Waals surface area contributed by atoms with Crippen molar-refractivity contribution in [2.24, 2.45) is 5.92 Å². The highest BCUT2D eigenvalue weighted by Gasteiger charge is 2.26. The predicted molar refractivity (Wildman–Crippen MR) is 85.6 cm³/mol. The van der Waals surface area contributed by atoms with Crippen molar-refractivity contribution in [3.8, 4) is 0 Å². The molecule has 0 radical (unpaired) electrons. The van der Waals surface area contributed by atoms with Crippen LogP contribution < -0.4 is 5.32 Å². The molecule has 0 aromatic heterocycles. The van der Waals surface area contributed by atoms with Gasteiger partial charge in [-0.3, -0.25) is 4.79 Å². The molecule has 0 saturated heterocycles. The first-order valence-corrected chi connectivity index (χ1v) is 8.16. The Labute approximate surface area is 136 Å². The Bertz CT molecular complexity index is 588. The monoisotopic (exact) mass is 321 g/mol. The van der Waals surface area contributed by atoms with Crippen molar-refractivity contribution >= 4 is 11.9 Å². The van der Waals surface area contributed by atoms with Gasteiger partial charge < -0.3 is 10.1 Å². The van der Waals surface area contributed by atoms with Crippen molar-refractivity contribution in [3.05, 3.63) is 35.1 Å². The number of carbonyl (C=O) groups excluding carboxylic acids is 2. The molecule has 5 heteroatoms. The normalized spacial score (nSPS) is 22.3. The standard InChI is InChI=1S/C18H24FNO3/c1-11-8-9-14(10-15(11)19)18(22)23-13(3)17(21)20-16-7-5-4-6-12(16)2/h8-10,12-13,16H,4-7H2,1-3H3,(H,20,21)/t12-,13+,16+/m0/s1. The Morgan fingerprint density at radius 2 is 2.00 bits per heavy atom. The maximum atomic E-state index is 13.5. The molecule has 0 unspecified atom stereocenters. The quantitative estimate of drug-likeness (QED) is 0.865. The maximum absolute atomic E-state index is 13.5. The van der Waals surface area contributed by atoms with Gasteiger partial charge >= 0.3 is 5.97 Å². The molecule has 1 aromatic carbocycles. The van der Waals surface area contributed by atoms with Crippen molar-refractivity contribution in [3.63, 3.8) is 0 Å². The SMILES string of the molecule is Cc1ccc(C(=O)O[C@H](C)C(=O)N[C@@H]2CCCC[C@@H]2C)cc1F. The summed E-state index contributed by atoms with van der Waals surface area (Å²) >= 11 is 0. The van der Waals surface area contributed by atoms with Crippen molar-refractivity contribution in [2.75, 3.05) is 0 Å². The lowest BCUT2D eigenvalue weighted by atomic mass is 9.86. The summed E-state index contributed by atoms with van der Waals surface area (Å²) in [5, 5.41) is 2.96. The van der Waals surface area contributed by atoms with Crippen LogP contribution in [0.25, 0.3) is 0 Å². The Morgan fingerprint density at radius 1 is 1.30 bits per heavy atom. The van der Waals surface area contributed by atoms with E-state index in [1.54, 1.807) is 6.92 Å². The molecule has 1 aliphatic carbocycles. The Hall–Kier alpha value is -1.91. The molecule has 126 valence electrons. The largest absolute Gasteiger partial charge is 0.449 e. The van der Waals surface area contributed by atoms with Gasteiger partial charge in [-0.1, -0.05) is 25.8 Å². The van der Waals surface area contributed by atoms with E-state index in [0.717, 1.165) is 25.3 Å². The van der Waals surface area contributed by atoms with Crippen molar-refractivity contribution in [2.45, 2.75) is 58.6 Å². The lowest BCUT2D eigenvalue weighted by Gasteiger charge is -2.30. The molecule has 1 fully saturated rings. The third-order valence-corrected chi connectivity index (χ3v) is 4.50. The first-order chi connectivity index (χ1) is 10.9. The molecule has 0 spiro atoms. The summed E-state index contributed by atoms with van der Waals surface area (Å²) in [6.07, 6.45) is 3.45. The molecule has 1 aliphatic rings. The average Bonchev–Trinajstić information content (AvgIpc) is 2.52. The van der Waals surface area contributed by atoms with Crippen LogP contribution in [0.4, 0.5) is 4.39 Å². The zero-order valence-electron chi connectivity index (χ0n) is 13.9. The summed E-state index contributed by atoms with van der Waals surface area (Å²) in [6, 6.07) is 4.27. The minimum absolute atomic E-state index is 0.110. The van der Waals surface area contributed by atoms with Crippen LogP contribution in [0.15, 0.2) is 18.2 Å². The first-order valence-electron chi connectivity index (χ1n) is 8.16. The van der Waals surface area contributed by atoms with Crippen LogP contribution in [0, 0.1) is 18.7 Å². The van der Waals surface area contributed by atoms with Crippen LogP contribution in [0.2, 0.25) is 0 Å². The van der Waals surface area contributed by atoms with Crippen LogP contribution in [-0.2, 0) is 9.53 Å². The van der Waals surface area contributed by atoms with Crippen molar-refractivity contribution < 1.29 is 18.7 Å². The van der Waals surface area contributed by atoms with Gasteiger partial charge in [-0.15, -0.1) is 0 Å². The lowest BCUT2D eigenvalue weighted by Crippen LogP contribution is -2.46. The van der Waals surface area contributed by atoms with Crippen LogP contribution >= 0.6 is 0 Å². The molecule has 23 heavy (non-hydrogen) atoms. The summed E-state index contributed by atoms with van der Waals surface area (Å²) in [7, 11) is 0. The second-order valence-electron chi connectivity index (χ2n) is 6.39. The maximum Gasteiger partial charge on any atom is 0.339 e. The van der Waals surface area contributed by atoms with Gasteiger partial charge in [0.1, 0.15) is 5.82 Å². The van der Waals surface area contributed by atoms with E-state index >= 15 is 0 Å². The van der Waals surface area contributed by atoms with E-state index in [2.05, 4.69) is 12.2 Å². The lowest BCUT2D eigenvalue weighted by molar-refractivity contribution is -0.130. The number of aryl methyl sites for hydroxylation is 1. The van der Waals surface area contributed by atoms with E-state index in [-0.39, 0.29) is 17.5 Å². The number of amides is 1. The number of rotatable bonds is 4. The number of halogens is 1. The average molecular weight is 321 g/mol. The number of hydrogen-bond donors (Lipinski definition) is 1. The molecule has 1 N–H and O–H groups in total. The number of nitrogens with one attached hydrogen (secondary N) is 1. The zero-order chi connectivity index (χ0) is 17.0. The third kappa shape index (κ3) is 4.53. The Morgan fingerprint density at radius 3 is 2.65 bits per heavy atom. The summed E-state index contributed by atoms with van der Waals surface area (Å²) < 4.78 is 18.7. The van der Waals surface area contributed by atoms with Crippen LogP contribution in [0.1, 0.15) is 55.5 Å². The molecule has 1 saturated carbocycles. The minimum atomic E-state index is -0.902. The summed E-state index contributed by atoms with van der Waals surface area (Å²) in [5.41, 5.74) is 0.567. The number of ether oxygens (including phenoxy) is 1. The number of benzene rings is 1.